The minimum Gasteiger partial charge on any atom is -0.482 e. The average Bonchev–Trinajstić information content (AvgIpc) is 2.77. The van der Waals surface area contributed by atoms with E-state index in [0.717, 1.165) is 0 Å². The van der Waals surface area contributed by atoms with E-state index in [0.29, 0.717) is 11.3 Å². The van der Waals surface area contributed by atoms with Crippen molar-refractivity contribution >= 4 is 24.0 Å². The number of hydrogen-bond acceptors (Lipinski definition) is 6. The molecule has 2 amide bonds. The maximum absolute atomic E-state index is 13.0. The van der Waals surface area contributed by atoms with Crippen molar-refractivity contribution in [2.24, 2.45) is 11.0 Å². The number of ether oxygens (including phenoxy) is 2. The Balaban J connectivity index is 1.90. The molecule has 0 spiro atoms. The molecule has 0 bridgehead atoms. The molecule has 0 aromatic heterocycles. The molecule has 2 aromatic carbocycles. The topological polar surface area (TPSA) is 106 Å². The van der Waals surface area contributed by atoms with Gasteiger partial charge in [0.25, 0.3) is 11.8 Å². The molecule has 0 fully saturated rings. The van der Waals surface area contributed by atoms with Crippen LogP contribution >= 0.6 is 0 Å². The molecule has 1 unspecified atom stereocenters. The van der Waals surface area contributed by atoms with Crippen LogP contribution in [0.3, 0.4) is 0 Å². The van der Waals surface area contributed by atoms with Crippen LogP contribution in [-0.4, -0.2) is 43.3 Å². The summed E-state index contributed by atoms with van der Waals surface area (Å²) in [5, 5.41) is 6.56. The van der Waals surface area contributed by atoms with Crippen LogP contribution in [0.25, 0.3) is 0 Å². The molecule has 0 radical (unpaired) electrons. The summed E-state index contributed by atoms with van der Waals surface area (Å²) in [6, 6.07) is 10.9. The van der Waals surface area contributed by atoms with Crippen molar-refractivity contribution in [3.05, 3.63) is 65.5 Å². The summed E-state index contributed by atoms with van der Waals surface area (Å²) in [4.78, 5) is 36.1. The number of halogens is 1. The highest BCUT2D eigenvalue weighted by Crippen LogP contribution is 2.11. The highest BCUT2D eigenvalue weighted by molar-refractivity contribution is 5.97. The van der Waals surface area contributed by atoms with Gasteiger partial charge in [0.2, 0.25) is 0 Å². The molecule has 170 valence electrons. The standard InChI is InChI=1S/C23H26FN3O5/c1-4-31-20(28)14-32-19-11-5-16(6-12-19)13-25-27-23(30)21(15(2)3)26-22(29)17-7-9-18(24)10-8-17/h5-13,15,21H,4,14H2,1-3H3,(H,26,29)(H,27,30). The summed E-state index contributed by atoms with van der Waals surface area (Å²) >= 11 is 0. The lowest BCUT2D eigenvalue weighted by atomic mass is 10.0. The van der Waals surface area contributed by atoms with Gasteiger partial charge in [0.05, 0.1) is 12.8 Å². The third kappa shape index (κ3) is 7.82. The third-order valence-corrected chi connectivity index (χ3v) is 4.27. The fourth-order valence-corrected chi connectivity index (χ4v) is 2.60. The zero-order valence-corrected chi connectivity index (χ0v) is 18.1. The van der Waals surface area contributed by atoms with Gasteiger partial charge >= 0.3 is 5.97 Å². The molecule has 2 aromatic rings. The molecule has 1 atom stereocenters. The number of benzene rings is 2. The second-order valence-electron chi connectivity index (χ2n) is 7.10. The van der Waals surface area contributed by atoms with Gasteiger partial charge in [0.1, 0.15) is 17.6 Å². The summed E-state index contributed by atoms with van der Waals surface area (Å²) in [7, 11) is 0. The first kappa shape index (κ1) is 24.5. The summed E-state index contributed by atoms with van der Waals surface area (Å²) in [6.07, 6.45) is 1.44. The lowest BCUT2D eigenvalue weighted by molar-refractivity contribution is -0.145. The Morgan fingerprint density at radius 3 is 2.31 bits per heavy atom. The molecule has 0 saturated heterocycles. The van der Waals surface area contributed by atoms with Gasteiger partial charge in [-0.1, -0.05) is 13.8 Å². The van der Waals surface area contributed by atoms with Crippen LogP contribution < -0.4 is 15.5 Å². The van der Waals surface area contributed by atoms with Gasteiger partial charge in [-0.2, -0.15) is 5.10 Å². The zero-order chi connectivity index (χ0) is 23.5. The summed E-state index contributed by atoms with van der Waals surface area (Å²) in [5.41, 5.74) is 3.34. The molecule has 0 aliphatic carbocycles. The van der Waals surface area contributed by atoms with E-state index < -0.39 is 29.6 Å². The third-order valence-electron chi connectivity index (χ3n) is 4.27. The predicted molar refractivity (Wildman–Crippen MR) is 117 cm³/mol. The number of rotatable bonds is 10. The maximum Gasteiger partial charge on any atom is 0.344 e. The number of nitrogens with one attached hydrogen (secondary N) is 2. The number of hydrogen-bond donors (Lipinski definition) is 2. The summed E-state index contributed by atoms with van der Waals surface area (Å²) in [5.74, 6) is -1.59. The molecular formula is C23H26FN3O5. The van der Waals surface area contributed by atoms with Crippen LogP contribution in [0.2, 0.25) is 0 Å². The number of nitrogens with zero attached hydrogens (tertiary/aromatic N) is 1. The van der Waals surface area contributed by atoms with Crippen LogP contribution in [0, 0.1) is 11.7 Å². The van der Waals surface area contributed by atoms with Gasteiger partial charge in [-0.25, -0.2) is 14.6 Å². The van der Waals surface area contributed by atoms with Crippen molar-refractivity contribution < 1.29 is 28.2 Å². The van der Waals surface area contributed by atoms with Crippen LogP contribution in [0.1, 0.15) is 36.7 Å². The van der Waals surface area contributed by atoms with Gasteiger partial charge in [-0.15, -0.1) is 0 Å². The quantitative estimate of drug-likeness (QED) is 0.334. The van der Waals surface area contributed by atoms with Crippen molar-refractivity contribution in [2.45, 2.75) is 26.8 Å². The Kier molecular flexibility index (Phi) is 9.34. The van der Waals surface area contributed by atoms with Gasteiger partial charge in [-0.05, 0) is 66.9 Å². The van der Waals surface area contributed by atoms with Crippen LogP contribution in [-0.2, 0) is 14.3 Å². The molecule has 0 aliphatic rings. The highest BCUT2D eigenvalue weighted by atomic mass is 19.1. The van der Waals surface area contributed by atoms with Gasteiger partial charge in [0, 0.05) is 5.56 Å². The Morgan fingerprint density at radius 1 is 1.06 bits per heavy atom. The van der Waals surface area contributed by atoms with Gasteiger partial charge in [0.15, 0.2) is 6.61 Å². The monoisotopic (exact) mass is 443 g/mol. The molecule has 8 nitrogen and oxygen atoms in total. The Hall–Kier alpha value is -3.75. The van der Waals surface area contributed by atoms with Crippen molar-refractivity contribution in [2.75, 3.05) is 13.2 Å². The number of carbonyl (C=O) groups excluding carboxylic acids is 3. The Bertz CT molecular complexity index is 943. The van der Waals surface area contributed by atoms with E-state index in [-0.39, 0.29) is 24.7 Å². The molecule has 32 heavy (non-hydrogen) atoms. The zero-order valence-electron chi connectivity index (χ0n) is 18.1. The van der Waals surface area contributed by atoms with E-state index in [4.69, 9.17) is 9.47 Å². The normalized spacial score (nSPS) is 11.8. The van der Waals surface area contributed by atoms with Crippen LogP contribution in [0.5, 0.6) is 5.75 Å². The second kappa shape index (κ2) is 12.2. The molecule has 2 N–H and O–H groups in total. The van der Waals surface area contributed by atoms with Crippen molar-refractivity contribution in [3.8, 4) is 5.75 Å². The molecule has 0 aliphatic heterocycles. The highest BCUT2D eigenvalue weighted by Gasteiger charge is 2.24. The van der Waals surface area contributed by atoms with E-state index in [1.807, 2.05) is 0 Å². The fourth-order valence-electron chi connectivity index (χ4n) is 2.60. The lowest BCUT2D eigenvalue weighted by Crippen LogP contribution is -2.48. The fraction of sp³-hybridized carbons (Fsp3) is 0.304. The minimum atomic E-state index is -0.830. The lowest BCUT2D eigenvalue weighted by Gasteiger charge is -2.20. The molecule has 0 saturated carbocycles. The number of esters is 1. The molecular weight excluding hydrogens is 417 g/mol. The maximum atomic E-state index is 13.0. The Labute approximate surface area is 185 Å². The molecule has 2 rings (SSSR count). The van der Waals surface area contributed by atoms with Crippen molar-refractivity contribution in [1.29, 1.82) is 0 Å². The molecule has 0 heterocycles. The van der Waals surface area contributed by atoms with Crippen molar-refractivity contribution in [3.63, 3.8) is 0 Å². The van der Waals surface area contributed by atoms with Crippen LogP contribution in [0.15, 0.2) is 53.6 Å². The largest absolute Gasteiger partial charge is 0.482 e. The summed E-state index contributed by atoms with van der Waals surface area (Å²) < 4.78 is 23.1. The van der Waals surface area contributed by atoms with Gasteiger partial charge in [-0.3, -0.25) is 9.59 Å². The van der Waals surface area contributed by atoms with Crippen LogP contribution in [0.4, 0.5) is 4.39 Å². The predicted octanol–water partition coefficient (Wildman–Crippen LogP) is 2.67. The van der Waals surface area contributed by atoms with E-state index in [1.165, 1.54) is 30.5 Å². The number of amides is 2. The number of carbonyl (C=O) groups is 3. The first-order chi connectivity index (χ1) is 15.3. The van der Waals surface area contributed by atoms with Gasteiger partial charge < -0.3 is 14.8 Å². The first-order valence-corrected chi connectivity index (χ1v) is 10.1. The summed E-state index contributed by atoms with van der Waals surface area (Å²) in [6.45, 7) is 5.39. The minimum absolute atomic E-state index is 0.183. The van der Waals surface area contributed by atoms with E-state index >= 15 is 0 Å². The molecule has 9 heteroatoms. The van der Waals surface area contributed by atoms with Crippen molar-refractivity contribution in [1.82, 2.24) is 10.7 Å². The SMILES string of the molecule is CCOC(=O)COc1ccc(C=NNC(=O)C(NC(=O)c2ccc(F)cc2)C(C)C)cc1. The van der Waals surface area contributed by atoms with E-state index in [9.17, 15) is 18.8 Å². The van der Waals surface area contributed by atoms with E-state index in [2.05, 4.69) is 15.8 Å². The number of hydrazone groups is 1. The first-order valence-electron chi connectivity index (χ1n) is 10.1. The second-order valence-corrected chi connectivity index (χ2v) is 7.10. The smallest absolute Gasteiger partial charge is 0.344 e. The average molecular weight is 443 g/mol. The van der Waals surface area contributed by atoms with E-state index in [1.54, 1.807) is 45.0 Å². The Morgan fingerprint density at radius 2 is 1.72 bits per heavy atom.